The number of amides is 1. The first-order valence-corrected chi connectivity index (χ1v) is 11.5. The van der Waals surface area contributed by atoms with E-state index in [4.69, 9.17) is 4.74 Å². The number of hydrogen-bond acceptors (Lipinski definition) is 5. The Kier molecular flexibility index (Phi) is 7.75. The van der Waals surface area contributed by atoms with Crippen molar-refractivity contribution in [2.45, 2.75) is 57.5 Å². The van der Waals surface area contributed by atoms with Gasteiger partial charge in [-0.1, -0.05) is 30.0 Å². The Labute approximate surface area is 193 Å². The largest absolute Gasteiger partial charge is 0.491 e. The fourth-order valence-corrected chi connectivity index (χ4v) is 3.85. The van der Waals surface area contributed by atoms with Crippen molar-refractivity contribution >= 4 is 17.7 Å². The average Bonchev–Trinajstić information content (AvgIpc) is 2.76. The van der Waals surface area contributed by atoms with Crippen molar-refractivity contribution in [2.24, 2.45) is 0 Å². The van der Waals surface area contributed by atoms with Crippen molar-refractivity contribution < 1.29 is 9.53 Å². The number of aryl methyl sites for hydroxylation is 2. The zero-order valence-electron chi connectivity index (χ0n) is 19.1. The van der Waals surface area contributed by atoms with Crippen LogP contribution >= 0.6 is 11.8 Å². The number of hydrogen-bond donors (Lipinski definition) is 1. The molecule has 0 aliphatic rings. The quantitative estimate of drug-likeness (QED) is 0.513. The van der Waals surface area contributed by atoms with Crippen LogP contribution in [-0.4, -0.2) is 27.0 Å². The molecule has 0 fully saturated rings. The van der Waals surface area contributed by atoms with E-state index in [1.807, 2.05) is 77.1 Å². The van der Waals surface area contributed by atoms with Gasteiger partial charge in [0.15, 0.2) is 0 Å². The van der Waals surface area contributed by atoms with Gasteiger partial charge in [-0.15, -0.1) is 0 Å². The average molecular weight is 452 g/mol. The molecule has 0 radical (unpaired) electrons. The van der Waals surface area contributed by atoms with Crippen LogP contribution in [0.1, 0.15) is 37.5 Å². The highest BCUT2D eigenvalue weighted by molar-refractivity contribution is 8.00. The summed E-state index contributed by atoms with van der Waals surface area (Å²) in [6.07, 6.45) is 0.122. The molecule has 1 heterocycles. The molecule has 0 spiro atoms. The Balaban J connectivity index is 1.62. The smallest absolute Gasteiger partial charge is 0.271 e. The van der Waals surface area contributed by atoms with Crippen molar-refractivity contribution in [1.82, 2.24) is 15.1 Å². The van der Waals surface area contributed by atoms with Gasteiger partial charge in [-0.25, -0.2) is 0 Å². The Morgan fingerprint density at radius 2 is 1.75 bits per heavy atom. The fraction of sp³-hybridized carbons (Fsp3) is 0.320. The highest BCUT2D eigenvalue weighted by Crippen LogP contribution is 2.21. The molecule has 7 heteroatoms. The number of thioether (sulfide) groups is 1. The molecule has 168 valence electrons. The second kappa shape index (κ2) is 10.5. The van der Waals surface area contributed by atoms with Gasteiger partial charge in [0.1, 0.15) is 10.8 Å². The zero-order chi connectivity index (χ0) is 23.3. The van der Waals surface area contributed by atoms with Crippen LogP contribution in [0.25, 0.3) is 5.69 Å². The summed E-state index contributed by atoms with van der Waals surface area (Å²) in [4.78, 5) is 24.9. The van der Waals surface area contributed by atoms with Gasteiger partial charge in [0.05, 0.1) is 17.0 Å². The minimum atomic E-state index is -0.364. The molecule has 0 unspecified atom stereocenters. The molecule has 0 aliphatic heterocycles. The predicted octanol–water partition coefficient (Wildman–Crippen LogP) is 4.43. The number of rotatable bonds is 8. The summed E-state index contributed by atoms with van der Waals surface area (Å²) >= 11 is 1.32. The number of carbonyl (C=O) groups is 1. The van der Waals surface area contributed by atoms with Crippen LogP contribution in [-0.2, 0) is 11.3 Å². The number of carbonyl (C=O) groups excluding carboxylic acids is 1. The lowest BCUT2D eigenvalue weighted by atomic mass is 10.1. The molecule has 1 aromatic heterocycles. The van der Waals surface area contributed by atoms with E-state index in [1.54, 1.807) is 6.07 Å². The number of benzene rings is 2. The number of nitrogens with zero attached hydrogens (tertiary/aromatic N) is 2. The van der Waals surface area contributed by atoms with Gasteiger partial charge in [0.2, 0.25) is 5.91 Å². The van der Waals surface area contributed by atoms with Gasteiger partial charge < -0.3 is 10.1 Å². The SMILES string of the molecule is Cc1ccc(-n2nc(S[C@H](C)C(=O)NCc3ccc(OC(C)C)cc3)ccc2=O)cc1C. The van der Waals surface area contributed by atoms with Crippen LogP contribution in [0.5, 0.6) is 5.75 Å². The second-order valence-electron chi connectivity index (χ2n) is 7.98. The van der Waals surface area contributed by atoms with E-state index in [-0.39, 0.29) is 22.8 Å². The van der Waals surface area contributed by atoms with Crippen molar-refractivity contribution in [3.8, 4) is 11.4 Å². The number of ether oxygens (including phenoxy) is 1. The molecule has 0 aliphatic carbocycles. The lowest BCUT2D eigenvalue weighted by molar-refractivity contribution is -0.120. The molecule has 1 amide bonds. The molecule has 0 saturated carbocycles. The van der Waals surface area contributed by atoms with Crippen molar-refractivity contribution in [1.29, 1.82) is 0 Å². The fourth-order valence-electron chi connectivity index (χ4n) is 3.03. The van der Waals surface area contributed by atoms with Crippen LogP contribution in [0.15, 0.2) is 64.4 Å². The third kappa shape index (κ3) is 6.23. The molecule has 1 N–H and O–H groups in total. The highest BCUT2D eigenvalue weighted by Gasteiger charge is 2.16. The van der Waals surface area contributed by atoms with Crippen LogP contribution in [0.4, 0.5) is 0 Å². The molecule has 1 atom stereocenters. The lowest BCUT2D eigenvalue weighted by Crippen LogP contribution is -2.30. The zero-order valence-corrected chi connectivity index (χ0v) is 19.9. The maximum atomic E-state index is 12.6. The number of aromatic nitrogens is 2. The standard InChI is InChI=1S/C25H29N3O3S/c1-16(2)31-22-10-7-20(8-11-22)15-26-25(30)19(5)32-23-12-13-24(29)28(27-23)21-9-6-17(3)18(4)14-21/h6-14,16,19H,15H2,1-5H3,(H,26,30)/t19-/m1/s1. The second-order valence-corrected chi connectivity index (χ2v) is 9.34. The van der Waals surface area contributed by atoms with E-state index in [0.717, 1.165) is 22.4 Å². The van der Waals surface area contributed by atoms with E-state index in [1.165, 1.54) is 22.5 Å². The van der Waals surface area contributed by atoms with Crippen molar-refractivity contribution in [3.05, 3.63) is 81.6 Å². The molecule has 2 aromatic carbocycles. The van der Waals surface area contributed by atoms with E-state index in [2.05, 4.69) is 10.4 Å². The van der Waals surface area contributed by atoms with Crippen LogP contribution < -0.4 is 15.6 Å². The first kappa shape index (κ1) is 23.6. The van der Waals surface area contributed by atoms with E-state index >= 15 is 0 Å². The van der Waals surface area contributed by atoms with E-state index in [9.17, 15) is 9.59 Å². The Morgan fingerprint density at radius 1 is 1.03 bits per heavy atom. The van der Waals surface area contributed by atoms with Gasteiger partial charge >= 0.3 is 0 Å². The summed E-state index contributed by atoms with van der Waals surface area (Å²) in [7, 11) is 0. The maximum absolute atomic E-state index is 12.6. The normalized spacial score (nSPS) is 11.9. The van der Waals surface area contributed by atoms with Crippen molar-refractivity contribution in [2.75, 3.05) is 0 Å². The molecule has 0 saturated heterocycles. The van der Waals surface area contributed by atoms with E-state index < -0.39 is 0 Å². The topological polar surface area (TPSA) is 73.2 Å². The molecule has 0 bridgehead atoms. The molecular formula is C25H29N3O3S. The summed E-state index contributed by atoms with van der Waals surface area (Å²) < 4.78 is 7.01. The molecule has 3 rings (SSSR count). The van der Waals surface area contributed by atoms with Crippen LogP contribution in [0.3, 0.4) is 0 Å². The van der Waals surface area contributed by atoms with Crippen molar-refractivity contribution in [3.63, 3.8) is 0 Å². The summed E-state index contributed by atoms with van der Waals surface area (Å²) in [5, 5.41) is 7.66. The lowest BCUT2D eigenvalue weighted by Gasteiger charge is -2.13. The monoisotopic (exact) mass is 451 g/mol. The van der Waals surface area contributed by atoms with Gasteiger partial charge in [0.25, 0.3) is 5.56 Å². The molecule has 32 heavy (non-hydrogen) atoms. The summed E-state index contributed by atoms with van der Waals surface area (Å²) in [6, 6.07) is 16.6. The van der Waals surface area contributed by atoms with Crippen LogP contribution in [0, 0.1) is 13.8 Å². The molecular weight excluding hydrogens is 422 g/mol. The molecule has 3 aromatic rings. The number of nitrogens with one attached hydrogen (secondary N) is 1. The van der Waals surface area contributed by atoms with Gasteiger partial charge in [-0.3, -0.25) is 9.59 Å². The highest BCUT2D eigenvalue weighted by atomic mass is 32.2. The Bertz CT molecular complexity index is 1140. The van der Waals surface area contributed by atoms with Crippen LogP contribution in [0.2, 0.25) is 0 Å². The maximum Gasteiger partial charge on any atom is 0.271 e. The minimum absolute atomic E-state index is 0.0942. The predicted molar refractivity (Wildman–Crippen MR) is 129 cm³/mol. The third-order valence-electron chi connectivity index (χ3n) is 4.94. The Morgan fingerprint density at radius 3 is 2.41 bits per heavy atom. The van der Waals surface area contributed by atoms with Gasteiger partial charge in [0, 0.05) is 12.6 Å². The molecule has 6 nitrogen and oxygen atoms in total. The third-order valence-corrected chi connectivity index (χ3v) is 5.97. The summed E-state index contributed by atoms with van der Waals surface area (Å²) in [5.74, 6) is 0.715. The van der Waals surface area contributed by atoms with E-state index in [0.29, 0.717) is 17.3 Å². The first-order chi connectivity index (χ1) is 15.2. The summed E-state index contributed by atoms with van der Waals surface area (Å²) in [6.45, 7) is 10.2. The minimum Gasteiger partial charge on any atom is -0.491 e. The van der Waals surface area contributed by atoms with Gasteiger partial charge in [-0.05, 0) is 81.6 Å². The first-order valence-electron chi connectivity index (χ1n) is 10.6. The van der Waals surface area contributed by atoms with Gasteiger partial charge in [-0.2, -0.15) is 9.78 Å². The Hall–Kier alpha value is -3.06. The summed E-state index contributed by atoms with van der Waals surface area (Å²) in [5.41, 5.74) is 3.74.